The highest BCUT2D eigenvalue weighted by Crippen LogP contribution is 2.23. The summed E-state index contributed by atoms with van der Waals surface area (Å²) in [7, 11) is 3.23. The van der Waals surface area contributed by atoms with E-state index in [1.807, 2.05) is 32.9 Å². The van der Waals surface area contributed by atoms with Gasteiger partial charge in [-0.2, -0.15) is 14.0 Å². The number of nitrogens with zero attached hydrogens (tertiary/aromatic N) is 3. The molecule has 166 valence electrons. The highest BCUT2D eigenvalue weighted by atomic mass is 19.3. The van der Waals surface area contributed by atoms with Crippen LogP contribution in [0.25, 0.3) is 6.08 Å². The van der Waals surface area contributed by atoms with Gasteiger partial charge in [0.2, 0.25) is 0 Å². The standard InChI is InChI=1S/C23H27F2N3O3/c1-15-10-19(17(3)28(15)16(2)14-30-5)11-20(12-26)22(29)27(4)13-18-6-8-21(9-7-18)31-23(24)25/h6-11,16,23H,13-14H2,1-5H3/b20-11+. The van der Waals surface area contributed by atoms with E-state index in [0.717, 1.165) is 22.5 Å². The van der Waals surface area contributed by atoms with Gasteiger partial charge in [0.05, 0.1) is 12.6 Å². The van der Waals surface area contributed by atoms with Gasteiger partial charge in [-0.1, -0.05) is 12.1 Å². The van der Waals surface area contributed by atoms with Crippen molar-refractivity contribution in [2.24, 2.45) is 0 Å². The van der Waals surface area contributed by atoms with Crippen molar-refractivity contribution in [3.05, 3.63) is 58.4 Å². The zero-order valence-corrected chi connectivity index (χ0v) is 18.4. The Morgan fingerprint density at radius 1 is 1.29 bits per heavy atom. The summed E-state index contributed by atoms with van der Waals surface area (Å²) in [6.45, 7) is 3.83. The molecule has 1 aromatic carbocycles. The van der Waals surface area contributed by atoms with Gasteiger partial charge < -0.3 is 18.9 Å². The Kier molecular flexibility index (Phi) is 8.34. The average molecular weight is 431 g/mol. The molecule has 0 radical (unpaired) electrons. The lowest BCUT2D eigenvalue weighted by Crippen LogP contribution is -2.27. The first-order valence-corrected chi connectivity index (χ1v) is 9.76. The molecular formula is C23H27F2N3O3. The van der Waals surface area contributed by atoms with Gasteiger partial charge in [-0.3, -0.25) is 4.79 Å². The number of ether oxygens (including phenoxy) is 2. The van der Waals surface area contributed by atoms with E-state index in [1.165, 1.54) is 17.0 Å². The molecule has 0 aliphatic rings. The molecular weight excluding hydrogens is 404 g/mol. The minimum Gasteiger partial charge on any atom is -0.435 e. The van der Waals surface area contributed by atoms with Crippen LogP contribution in [-0.2, 0) is 16.1 Å². The monoisotopic (exact) mass is 431 g/mol. The maximum Gasteiger partial charge on any atom is 0.387 e. The molecule has 0 aliphatic heterocycles. The molecule has 1 amide bonds. The third-order valence-electron chi connectivity index (χ3n) is 4.94. The Morgan fingerprint density at radius 3 is 2.48 bits per heavy atom. The van der Waals surface area contributed by atoms with E-state index < -0.39 is 12.5 Å². The quantitative estimate of drug-likeness (QED) is 0.434. The number of benzene rings is 1. The molecule has 0 N–H and O–H groups in total. The number of aromatic nitrogens is 1. The van der Waals surface area contributed by atoms with Crippen LogP contribution in [0.5, 0.6) is 5.75 Å². The smallest absolute Gasteiger partial charge is 0.387 e. The number of hydrogen-bond acceptors (Lipinski definition) is 4. The SMILES string of the molecule is COCC(C)n1c(C)cc(/C=C(\C#N)C(=O)N(C)Cc2ccc(OC(F)F)cc2)c1C. The molecule has 2 rings (SSSR count). The third kappa shape index (κ3) is 6.15. The van der Waals surface area contributed by atoms with E-state index in [2.05, 4.69) is 9.30 Å². The molecule has 0 aliphatic carbocycles. The fourth-order valence-electron chi connectivity index (χ4n) is 3.57. The predicted molar refractivity (Wildman–Crippen MR) is 114 cm³/mol. The number of methoxy groups -OCH3 is 1. The number of carbonyl (C=O) groups is 1. The number of carbonyl (C=O) groups excluding carboxylic acids is 1. The normalized spacial score (nSPS) is 12.5. The van der Waals surface area contributed by atoms with Crippen LogP contribution in [0, 0.1) is 25.2 Å². The van der Waals surface area contributed by atoms with Crippen LogP contribution in [-0.4, -0.2) is 42.8 Å². The maximum atomic E-state index is 12.8. The minimum atomic E-state index is -2.89. The lowest BCUT2D eigenvalue weighted by Gasteiger charge is -2.18. The van der Waals surface area contributed by atoms with E-state index >= 15 is 0 Å². The molecule has 1 heterocycles. The van der Waals surface area contributed by atoms with Crippen molar-refractivity contribution in [3.63, 3.8) is 0 Å². The van der Waals surface area contributed by atoms with Crippen LogP contribution in [0.15, 0.2) is 35.9 Å². The molecule has 2 aromatic rings. The summed E-state index contributed by atoms with van der Waals surface area (Å²) in [5, 5.41) is 9.57. The first kappa shape index (κ1) is 24.1. The second kappa shape index (κ2) is 10.7. The molecule has 1 unspecified atom stereocenters. The fourth-order valence-corrected chi connectivity index (χ4v) is 3.57. The van der Waals surface area contributed by atoms with E-state index in [-0.39, 0.29) is 23.9 Å². The largest absolute Gasteiger partial charge is 0.435 e. The topological polar surface area (TPSA) is 67.5 Å². The molecule has 0 spiro atoms. The van der Waals surface area contributed by atoms with Crippen LogP contribution in [0.1, 0.15) is 35.5 Å². The van der Waals surface area contributed by atoms with Gasteiger partial charge in [0.25, 0.3) is 5.91 Å². The predicted octanol–water partition coefficient (Wildman–Crippen LogP) is 4.48. The number of hydrogen-bond donors (Lipinski definition) is 0. The maximum absolute atomic E-state index is 12.8. The lowest BCUT2D eigenvalue weighted by molar-refractivity contribution is -0.125. The number of likely N-dealkylation sites (N-methyl/N-ethyl adjacent to an activating group) is 1. The van der Waals surface area contributed by atoms with Crippen molar-refractivity contribution < 1.29 is 23.0 Å². The van der Waals surface area contributed by atoms with E-state index in [0.29, 0.717) is 6.61 Å². The van der Waals surface area contributed by atoms with Gasteiger partial charge in [0.1, 0.15) is 17.4 Å². The number of halogens is 2. The van der Waals surface area contributed by atoms with Gasteiger partial charge in [0.15, 0.2) is 0 Å². The molecule has 6 nitrogen and oxygen atoms in total. The zero-order valence-electron chi connectivity index (χ0n) is 18.4. The van der Waals surface area contributed by atoms with Crippen molar-refractivity contribution in [3.8, 4) is 11.8 Å². The van der Waals surface area contributed by atoms with Crippen molar-refractivity contribution in [2.45, 2.75) is 40.0 Å². The van der Waals surface area contributed by atoms with Crippen LogP contribution in [0.4, 0.5) is 8.78 Å². The van der Waals surface area contributed by atoms with E-state index in [4.69, 9.17) is 4.74 Å². The second-order valence-electron chi connectivity index (χ2n) is 7.35. The summed E-state index contributed by atoms with van der Waals surface area (Å²) in [4.78, 5) is 14.2. The summed E-state index contributed by atoms with van der Waals surface area (Å²) in [5.74, 6) is -0.381. The Hall–Kier alpha value is -3.18. The molecule has 31 heavy (non-hydrogen) atoms. The number of alkyl halides is 2. The van der Waals surface area contributed by atoms with Crippen LogP contribution in [0.2, 0.25) is 0 Å². The number of nitriles is 1. The number of aryl methyl sites for hydroxylation is 1. The third-order valence-corrected chi connectivity index (χ3v) is 4.94. The van der Waals surface area contributed by atoms with Gasteiger partial charge in [-0.05, 0) is 56.2 Å². The summed E-state index contributed by atoms with van der Waals surface area (Å²) in [6.07, 6.45) is 1.59. The Bertz CT molecular complexity index is 975. The van der Waals surface area contributed by atoms with Crippen LogP contribution in [0.3, 0.4) is 0 Å². The summed E-state index contributed by atoms with van der Waals surface area (Å²) < 4.78 is 36.2. The van der Waals surface area contributed by atoms with Gasteiger partial charge >= 0.3 is 6.61 Å². The van der Waals surface area contributed by atoms with Crippen LogP contribution < -0.4 is 4.74 Å². The average Bonchev–Trinajstić information content (AvgIpc) is 2.99. The van der Waals surface area contributed by atoms with E-state index in [1.54, 1.807) is 32.4 Å². The molecule has 0 saturated heterocycles. The summed E-state index contributed by atoms with van der Waals surface area (Å²) in [5.41, 5.74) is 3.49. The van der Waals surface area contributed by atoms with Gasteiger partial charge in [-0.25, -0.2) is 0 Å². The first-order valence-electron chi connectivity index (χ1n) is 9.76. The van der Waals surface area contributed by atoms with Crippen molar-refractivity contribution in [1.29, 1.82) is 5.26 Å². The molecule has 0 saturated carbocycles. The lowest BCUT2D eigenvalue weighted by atomic mass is 10.1. The molecule has 0 bridgehead atoms. The van der Waals surface area contributed by atoms with Crippen LogP contribution >= 0.6 is 0 Å². The Balaban J connectivity index is 2.18. The molecule has 1 aromatic heterocycles. The molecule has 1 atom stereocenters. The Labute approximate surface area is 181 Å². The summed E-state index contributed by atoms with van der Waals surface area (Å²) in [6, 6.07) is 10.1. The highest BCUT2D eigenvalue weighted by Gasteiger charge is 2.18. The van der Waals surface area contributed by atoms with Gasteiger partial charge in [-0.15, -0.1) is 0 Å². The fraction of sp³-hybridized carbons (Fsp3) is 0.391. The van der Waals surface area contributed by atoms with Crippen molar-refractivity contribution in [2.75, 3.05) is 20.8 Å². The molecule has 8 heteroatoms. The number of amides is 1. The first-order chi connectivity index (χ1) is 14.7. The number of rotatable bonds is 9. The molecule has 0 fully saturated rings. The minimum absolute atomic E-state index is 0.0137. The van der Waals surface area contributed by atoms with Gasteiger partial charge in [0, 0.05) is 32.1 Å². The van der Waals surface area contributed by atoms with E-state index in [9.17, 15) is 18.8 Å². The second-order valence-corrected chi connectivity index (χ2v) is 7.35. The zero-order chi connectivity index (χ0) is 23.1. The highest BCUT2D eigenvalue weighted by molar-refractivity contribution is 6.01. The Morgan fingerprint density at radius 2 is 1.94 bits per heavy atom. The summed E-state index contributed by atoms with van der Waals surface area (Å²) >= 11 is 0. The van der Waals surface area contributed by atoms with Crippen molar-refractivity contribution in [1.82, 2.24) is 9.47 Å². The van der Waals surface area contributed by atoms with Crippen molar-refractivity contribution >= 4 is 12.0 Å².